The Hall–Kier alpha value is -1.68. The maximum Gasteiger partial charge on any atom is 0.257 e. The van der Waals surface area contributed by atoms with E-state index in [-0.39, 0.29) is 11.3 Å². The van der Waals surface area contributed by atoms with Crippen LogP contribution in [0.3, 0.4) is 0 Å². The fourth-order valence-electron chi connectivity index (χ4n) is 2.72. The van der Waals surface area contributed by atoms with Gasteiger partial charge in [0.2, 0.25) is 0 Å². The minimum atomic E-state index is -0.0665. The number of nitrogens with zero attached hydrogens (tertiary/aromatic N) is 1. The quantitative estimate of drug-likeness (QED) is 0.882. The number of nitrogens with one attached hydrogen (secondary N) is 1. The molecule has 0 unspecified atom stereocenters. The molecule has 116 valence electrons. The maximum absolute atomic E-state index is 12.4. The molecular weight excluding hydrogens is 292 g/mol. The van der Waals surface area contributed by atoms with Gasteiger partial charge in [0.15, 0.2) is 5.13 Å². The largest absolute Gasteiger partial charge is 0.298 e. The molecule has 1 aliphatic rings. The number of fused-ring (bicyclic) bond motifs is 1. The zero-order valence-corrected chi connectivity index (χ0v) is 14.2. The van der Waals surface area contributed by atoms with Crippen molar-refractivity contribution >= 4 is 22.4 Å². The standard InChI is InChI=1S/C18H22N2OS/c1-18(2,3)15-11-22-17(19-15)20-16(21)14-9-8-12-6-4-5-7-13(12)10-14/h8-11H,4-7H2,1-3H3,(H,19,20,21). The number of carbonyl (C=O) groups excluding carboxylic acids is 1. The van der Waals surface area contributed by atoms with E-state index in [4.69, 9.17) is 0 Å². The predicted molar refractivity (Wildman–Crippen MR) is 91.9 cm³/mol. The van der Waals surface area contributed by atoms with Crippen molar-refractivity contribution in [3.8, 4) is 0 Å². The second-order valence-electron chi connectivity index (χ2n) is 6.93. The molecule has 1 heterocycles. The van der Waals surface area contributed by atoms with Gasteiger partial charge in [-0.2, -0.15) is 0 Å². The summed E-state index contributed by atoms with van der Waals surface area (Å²) in [5.41, 5.74) is 4.47. The highest BCUT2D eigenvalue weighted by Gasteiger charge is 2.19. The molecule has 0 atom stereocenters. The van der Waals surface area contributed by atoms with Gasteiger partial charge in [0.1, 0.15) is 0 Å². The van der Waals surface area contributed by atoms with E-state index in [2.05, 4.69) is 37.1 Å². The zero-order chi connectivity index (χ0) is 15.7. The Morgan fingerprint density at radius 3 is 2.59 bits per heavy atom. The van der Waals surface area contributed by atoms with Crippen molar-refractivity contribution in [2.24, 2.45) is 0 Å². The molecule has 0 saturated heterocycles. The second kappa shape index (κ2) is 5.84. The number of thiazole rings is 1. The highest BCUT2D eigenvalue weighted by atomic mass is 32.1. The number of hydrogen-bond donors (Lipinski definition) is 1. The molecule has 0 spiro atoms. The lowest BCUT2D eigenvalue weighted by molar-refractivity contribution is 0.102. The Balaban J connectivity index is 1.76. The summed E-state index contributed by atoms with van der Waals surface area (Å²) in [6.45, 7) is 6.37. The maximum atomic E-state index is 12.4. The van der Waals surface area contributed by atoms with Crippen LogP contribution in [0.1, 0.15) is 60.8 Å². The number of carbonyl (C=O) groups is 1. The Kier molecular flexibility index (Phi) is 4.04. The smallest absolute Gasteiger partial charge is 0.257 e. The molecule has 2 aromatic rings. The van der Waals surface area contributed by atoms with Gasteiger partial charge in [-0.1, -0.05) is 26.8 Å². The van der Waals surface area contributed by atoms with Gasteiger partial charge < -0.3 is 0 Å². The average molecular weight is 314 g/mol. The van der Waals surface area contributed by atoms with E-state index < -0.39 is 0 Å². The molecule has 22 heavy (non-hydrogen) atoms. The number of benzene rings is 1. The van der Waals surface area contributed by atoms with Crippen molar-refractivity contribution in [3.63, 3.8) is 0 Å². The summed E-state index contributed by atoms with van der Waals surface area (Å²) in [6, 6.07) is 6.08. The molecule has 0 fully saturated rings. The molecule has 1 amide bonds. The highest BCUT2D eigenvalue weighted by Crippen LogP contribution is 2.27. The molecule has 3 nitrogen and oxygen atoms in total. The number of aromatic nitrogens is 1. The third kappa shape index (κ3) is 3.22. The summed E-state index contributed by atoms with van der Waals surface area (Å²) in [5.74, 6) is -0.0665. The molecule has 1 N–H and O–H groups in total. The molecule has 1 aromatic carbocycles. The third-order valence-corrected chi connectivity index (χ3v) is 4.86. The Bertz CT molecular complexity index is 697. The normalized spacial score (nSPS) is 14.5. The van der Waals surface area contributed by atoms with Crippen molar-refractivity contribution in [1.29, 1.82) is 0 Å². The van der Waals surface area contributed by atoms with E-state index in [0.29, 0.717) is 5.13 Å². The van der Waals surface area contributed by atoms with Gasteiger partial charge in [-0.25, -0.2) is 4.98 Å². The van der Waals surface area contributed by atoms with E-state index in [1.165, 1.54) is 35.3 Å². The van der Waals surface area contributed by atoms with Gasteiger partial charge in [-0.05, 0) is 48.9 Å². The summed E-state index contributed by atoms with van der Waals surface area (Å²) in [6.07, 6.45) is 4.70. The Morgan fingerprint density at radius 1 is 1.18 bits per heavy atom. The fraction of sp³-hybridized carbons (Fsp3) is 0.444. The highest BCUT2D eigenvalue weighted by molar-refractivity contribution is 7.14. The first-order valence-electron chi connectivity index (χ1n) is 7.82. The van der Waals surface area contributed by atoms with E-state index in [0.717, 1.165) is 24.1 Å². The first-order chi connectivity index (χ1) is 10.4. The van der Waals surface area contributed by atoms with E-state index in [1.54, 1.807) is 0 Å². The molecule has 0 bridgehead atoms. The molecule has 1 aliphatic carbocycles. The van der Waals surface area contributed by atoms with Crippen LogP contribution < -0.4 is 5.32 Å². The minimum absolute atomic E-state index is 0.00526. The van der Waals surface area contributed by atoms with Gasteiger partial charge in [-0.15, -0.1) is 11.3 Å². The van der Waals surface area contributed by atoms with Gasteiger partial charge >= 0.3 is 0 Å². The molecule has 1 aromatic heterocycles. The van der Waals surface area contributed by atoms with Crippen LogP contribution in [0.2, 0.25) is 0 Å². The topological polar surface area (TPSA) is 42.0 Å². The van der Waals surface area contributed by atoms with E-state index in [9.17, 15) is 4.79 Å². The van der Waals surface area contributed by atoms with Crippen LogP contribution in [0.4, 0.5) is 5.13 Å². The molecule has 0 aliphatic heterocycles. The molecule has 0 saturated carbocycles. The van der Waals surface area contributed by atoms with Crippen LogP contribution in [0.25, 0.3) is 0 Å². The van der Waals surface area contributed by atoms with Gasteiger partial charge in [0, 0.05) is 16.4 Å². The summed E-state index contributed by atoms with van der Waals surface area (Å²) in [4.78, 5) is 16.9. The molecule has 0 radical (unpaired) electrons. The second-order valence-corrected chi connectivity index (χ2v) is 7.79. The van der Waals surface area contributed by atoms with E-state index in [1.807, 2.05) is 17.5 Å². The zero-order valence-electron chi connectivity index (χ0n) is 13.4. The van der Waals surface area contributed by atoms with Crippen LogP contribution in [0.5, 0.6) is 0 Å². The van der Waals surface area contributed by atoms with E-state index >= 15 is 0 Å². The third-order valence-electron chi connectivity index (χ3n) is 4.10. The molecular formula is C18H22N2OS. The van der Waals surface area contributed by atoms with Crippen molar-refractivity contribution in [2.45, 2.75) is 51.9 Å². The average Bonchev–Trinajstić information content (AvgIpc) is 2.95. The number of anilines is 1. The number of rotatable bonds is 2. The SMILES string of the molecule is CC(C)(C)c1csc(NC(=O)c2ccc3c(c2)CCCC3)n1. The van der Waals surface area contributed by atoms with Gasteiger partial charge in [-0.3, -0.25) is 10.1 Å². The lowest BCUT2D eigenvalue weighted by atomic mass is 9.90. The lowest BCUT2D eigenvalue weighted by Crippen LogP contribution is -2.15. The number of amides is 1. The van der Waals surface area contributed by atoms with Crippen LogP contribution in [-0.4, -0.2) is 10.9 Å². The Labute approximate surface area is 135 Å². The molecule has 3 rings (SSSR count). The Morgan fingerprint density at radius 2 is 1.91 bits per heavy atom. The van der Waals surface area contributed by atoms with Gasteiger partial charge in [0.25, 0.3) is 5.91 Å². The summed E-state index contributed by atoms with van der Waals surface area (Å²) in [7, 11) is 0. The minimum Gasteiger partial charge on any atom is -0.298 e. The molecule has 4 heteroatoms. The number of hydrogen-bond acceptors (Lipinski definition) is 3. The predicted octanol–water partition coefficient (Wildman–Crippen LogP) is 4.57. The summed E-state index contributed by atoms with van der Waals surface area (Å²) < 4.78 is 0. The van der Waals surface area contributed by atoms with Gasteiger partial charge in [0.05, 0.1) is 5.69 Å². The monoisotopic (exact) mass is 314 g/mol. The lowest BCUT2D eigenvalue weighted by Gasteiger charge is -2.16. The van der Waals surface area contributed by atoms with Crippen molar-refractivity contribution in [1.82, 2.24) is 4.98 Å². The van der Waals surface area contributed by atoms with Crippen LogP contribution in [-0.2, 0) is 18.3 Å². The number of aryl methyl sites for hydroxylation is 2. The van der Waals surface area contributed by atoms with Crippen LogP contribution >= 0.6 is 11.3 Å². The fourth-order valence-corrected chi connectivity index (χ4v) is 3.65. The van der Waals surface area contributed by atoms with Crippen LogP contribution in [0.15, 0.2) is 23.6 Å². The first-order valence-corrected chi connectivity index (χ1v) is 8.70. The van der Waals surface area contributed by atoms with Crippen molar-refractivity contribution in [2.75, 3.05) is 5.32 Å². The van der Waals surface area contributed by atoms with Crippen molar-refractivity contribution < 1.29 is 4.79 Å². The van der Waals surface area contributed by atoms with Crippen molar-refractivity contribution in [3.05, 3.63) is 46.0 Å². The first kappa shape index (κ1) is 15.2. The van der Waals surface area contributed by atoms with Crippen LogP contribution in [0, 0.1) is 0 Å². The summed E-state index contributed by atoms with van der Waals surface area (Å²) in [5, 5.41) is 5.62. The summed E-state index contributed by atoms with van der Waals surface area (Å²) >= 11 is 1.49.